The summed E-state index contributed by atoms with van der Waals surface area (Å²) in [5, 5.41) is 8.51. The Morgan fingerprint density at radius 1 is 0.720 bits per heavy atom. The minimum Gasteiger partial charge on any atom is -0.463 e. The molecule has 0 aliphatic heterocycles. The van der Waals surface area contributed by atoms with Gasteiger partial charge in [0.2, 0.25) is 0 Å². The van der Waals surface area contributed by atoms with Crippen LogP contribution in [0, 0.1) is 0 Å². The molecule has 0 spiro atoms. The number of nitrogens with zero attached hydrogens (tertiary/aromatic N) is 4. The summed E-state index contributed by atoms with van der Waals surface area (Å²) in [6, 6.07) is 23.4. The lowest BCUT2D eigenvalue weighted by molar-refractivity contribution is 0.560. The van der Waals surface area contributed by atoms with Gasteiger partial charge in [0, 0.05) is 11.1 Å². The van der Waals surface area contributed by atoms with Crippen LogP contribution in [0.3, 0.4) is 0 Å². The molecule has 0 N–H and O–H groups in total. The second-order valence-corrected chi connectivity index (χ2v) is 5.31. The normalized spacial score (nSPS) is 11.0. The van der Waals surface area contributed by atoms with Crippen molar-refractivity contribution in [3.63, 3.8) is 0 Å². The minimum atomic E-state index is 0.287. The first-order valence-electron chi connectivity index (χ1n) is 7.83. The lowest BCUT2D eigenvalue weighted by Crippen LogP contribution is -1.97. The highest BCUT2D eigenvalue weighted by molar-refractivity contribution is 5.80. The zero-order valence-corrected chi connectivity index (χ0v) is 13.3. The maximum absolute atomic E-state index is 5.24. The lowest BCUT2D eigenvalue weighted by atomic mass is 10.0. The van der Waals surface area contributed by atoms with Crippen LogP contribution >= 0.6 is 0 Å². The van der Waals surface area contributed by atoms with Crippen LogP contribution in [0.15, 0.2) is 88.5 Å². The molecule has 0 aliphatic rings. The maximum atomic E-state index is 5.24. The fourth-order valence-corrected chi connectivity index (χ4v) is 2.45. The molecule has 0 radical (unpaired) electrons. The quantitative estimate of drug-likeness (QED) is 0.516. The molecule has 5 nitrogen and oxygen atoms in total. The minimum absolute atomic E-state index is 0.287. The van der Waals surface area contributed by atoms with Crippen molar-refractivity contribution in [2.24, 2.45) is 4.99 Å². The molecule has 0 fully saturated rings. The van der Waals surface area contributed by atoms with E-state index in [4.69, 9.17) is 4.42 Å². The number of benzene rings is 2. The molecule has 2 aromatic carbocycles. The van der Waals surface area contributed by atoms with E-state index >= 15 is 0 Å². The van der Waals surface area contributed by atoms with Gasteiger partial charge in [-0.15, -0.1) is 10.2 Å². The van der Waals surface area contributed by atoms with Crippen molar-refractivity contribution in [2.45, 2.75) is 0 Å². The number of furan rings is 1. The van der Waals surface area contributed by atoms with Gasteiger partial charge in [-0.25, -0.2) is 9.98 Å². The molecule has 2 heterocycles. The predicted molar refractivity (Wildman–Crippen MR) is 96.7 cm³/mol. The Bertz CT molecular complexity index is 981. The molecule has 0 aliphatic carbocycles. The molecule has 0 atom stereocenters. The average molecular weight is 326 g/mol. The molecule has 4 rings (SSSR count). The van der Waals surface area contributed by atoms with Crippen LogP contribution in [0.1, 0.15) is 5.76 Å². The first-order chi connectivity index (χ1) is 12.4. The van der Waals surface area contributed by atoms with Gasteiger partial charge in [-0.3, -0.25) is 0 Å². The maximum Gasteiger partial charge on any atom is 0.269 e. The third-order valence-corrected chi connectivity index (χ3v) is 3.62. The number of aliphatic imine (C=N–C) groups is 1. The van der Waals surface area contributed by atoms with E-state index in [-0.39, 0.29) is 5.95 Å². The summed E-state index contributed by atoms with van der Waals surface area (Å²) in [4.78, 5) is 8.87. The van der Waals surface area contributed by atoms with E-state index in [1.807, 2.05) is 66.7 Å². The second-order valence-electron chi connectivity index (χ2n) is 5.31. The molecule has 0 saturated carbocycles. The molecule has 25 heavy (non-hydrogen) atoms. The van der Waals surface area contributed by atoms with E-state index in [1.54, 1.807) is 18.5 Å². The molecule has 0 saturated heterocycles. The van der Waals surface area contributed by atoms with Crippen LogP contribution in [0.4, 0.5) is 5.95 Å². The number of hydrogen-bond acceptors (Lipinski definition) is 5. The summed E-state index contributed by atoms with van der Waals surface area (Å²) >= 11 is 0. The van der Waals surface area contributed by atoms with Crippen molar-refractivity contribution >= 4 is 12.2 Å². The van der Waals surface area contributed by atoms with Gasteiger partial charge < -0.3 is 4.42 Å². The number of aromatic nitrogens is 3. The molecule has 120 valence electrons. The molecule has 0 unspecified atom stereocenters. The molecule has 0 bridgehead atoms. The molecule has 0 amide bonds. The Balaban J connectivity index is 1.80. The third kappa shape index (κ3) is 3.35. The zero-order chi connectivity index (χ0) is 16.9. The van der Waals surface area contributed by atoms with Gasteiger partial charge in [0.05, 0.1) is 12.5 Å². The van der Waals surface area contributed by atoms with Gasteiger partial charge in [-0.1, -0.05) is 60.7 Å². The van der Waals surface area contributed by atoms with Gasteiger partial charge >= 0.3 is 0 Å². The van der Waals surface area contributed by atoms with Crippen molar-refractivity contribution in [3.05, 3.63) is 84.8 Å². The van der Waals surface area contributed by atoms with Crippen molar-refractivity contribution in [1.82, 2.24) is 15.2 Å². The highest BCUT2D eigenvalue weighted by atomic mass is 16.3. The summed E-state index contributed by atoms with van der Waals surface area (Å²) < 4.78 is 5.24. The van der Waals surface area contributed by atoms with Crippen LogP contribution in [-0.2, 0) is 0 Å². The van der Waals surface area contributed by atoms with Crippen LogP contribution < -0.4 is 0 Å². The Morgan fingerprint density at radius 3 is 2.04 bits per heavy atom. The smallest absolute Gasteiger partial charge is 0.269 e. The van der Waals surface area contributed by atoms with E-state index in [2.05, 4.69) is 20.2 Å². The standard InChI is InChI=1S/C20H14N4O/c1-3-8-15(9-4-1)18-19(16-10-5-2-6-11-16)23-24-20(22-18)21-14-17-12-7-13-25-17/h1-14H. The molecule has 2 aromatic heterocycles. The third-order valence-electron chi connectivity index (χ3n) is 3.62. The van der Waals surface area contributed by atoms with Crippen molar-refractivity contribution in [2.75, 3.05) is 0 Å². The summed E-state index contributed by atoms with van der Waals surface area (Å²) in [5.74, 6) is 0.923. The van der Waals surface area contributed by atoms with Gasteiger partial charge in [0.15, 0.2) is 0 Å². The summed E-state index contributed by atoms with van der Waals surface area (Å²) in [7, 11) is 0. The molecule has 5 heteroatoms. The van der Waals surface area contributed by atoms with Crippen molar-refractivity contribution in [1.29, 1.82) is 0 Å². The first kappa shape index (κ1) is 15.0. The fraction of sp³-hybridized carbons (Fsp3) is 0. The highest BCUT2D eigenvalue weighted by Crippen LogP contribution is 2.29. The molecular formula is C20H14N4O. The summed E-state index contributed by atoms with van der Waals surface area (Å²) in [6.45, 7) is 0. The lowest BCUT2D eigenvalue weighted by Gasteiger charge is -2.07. The van der Waals surface area contributed by atoms with E-state index in [1.165, 1.54) is 0 Å². The van der Waals surface area contributed by atoms with Gasteiger partial charge in [0.1, 0.15) is 17.1 Å². The van der Waals surface area contributed by atoms with Gasteiger partial charge in [-0.05, 0) is 12.1 Å². The topological polar surface area (TPSA) is 64.2 Å². The van der Waals surface area contributed by atoms with Crippen LogP contribution in [0.5, 0.6) is 0 Å². The first-order valence-corrected chi connectivity index (χ1v) is 7.83. The van der Waals surface area contributed by atoms with Crippen molar-refractivity contribution in [3.8, 4) is 22.5 Å². The SMILES string of the molecule is C(=Nc1nnc(-c2ccccc2)c(-c2ccccc2)n1)c1ccco1. The molecule has 4 aromatic rings. The number of hydrogen-bond donors (Lipinski definition) is 0. The zero-order valence-electron chi connectivity index (χ0n) is 13.3. The fourth-order valence-electron chi connectivity index (χ4n) is 2.45. The largest absolute Gasteiger partial charge is 0.463 e. The summed E-state index contributed by atoms with van der Waals surface area (Å²) in [6.07, 6.45) is 3.17. The number of rotatable bonds is 4. The Kier molecular flexibility index (Phi) is 4.12. The van der Waals surface area contributed by atoms with E-state index < -0.39 is 0 Å². The predicted octanol–water partition coefficient (Wildman–Crippen LogP) is 4.55. The second kappa shape index (κ2) is 6.88. The van der Waals surface area contributed by atoms with Crippen LogP contribution in [-0.4, -0.2) is 21.4 Å². The monoisotopic (exact) mass is 326 g/mol. The van der Waals surface area contributed by atoms with E-state index in [0.29, 0.717) is 5.76 Å². The van der Waals surface area contributed by atoms with Gasteiger partial charge in [-0.2, -0.15) is 0 Å². The average Bonchev–Trinajstić information content (AvgIpc) is 3.21. The van der Waals surface area contributed by atoms with Crippen LogP contribution in [0.2, 0.25) is 0 Å². The van der Waals surface area contributed by atoms with E-state index in [0.717, 1.165) is 22.5 Å². The summed E-state index contributed by atoms with van der Waals surface area (Å²) in [5.41, 5.74) is 3.39. The van der Waals surface area contributed by atoms with E-state index in [9.17, 15) is 0 Å². The van der Waals surface area contributed by atoms with Crippen LogP contribution in [0.25, 0.3) is 22.5 Å². The highest BCUT2D eigenvalue weighted by Gasteiger charge is 2.12. The Hall–Kier alpha value is -3.60. The van der Waals surface area contributed by atoms with Crippen molar-refractivity contribution < 1.29 is 4.42 Å². The molecular weight excluding hydrogens is 312 g/mol. The Labute approximate surface area is 144 Å². The Morgan fingerprint density at radius 2 is 1.40 bits per heavy atom. The van der Waals surface area contributed by atoms with Gasteiger partial charge in [0.25, 0.3) is 5.95 Å².